The Labute approximate surface area is 251 Å². The Balaban J connectivity index is 1.28. The van der Waals surface area contributed by atoms with Crippen molar-refractivity contribution in [2.75, 3.05) is 13.7 Å². The smallest absolute Gasteiger partial charge is 0.268 e. The molecule has 8 heteroatoms. The molecule has 0 spiro atoms. The summed E-state index contributed by atoms with van der Waals surface area (Å²) < 4.78 is 5.30. The molecule has 5 rings (SSSR count). The zero-order chi connectivity index (χ0) is 30.2. The van der Waals surface area contributed by atoms with Gasteiger partial charge < -0.3 is 30.1 Å². The molecule has 8 nitrogen and oxygen atoms in total. The molecule has 0 saturated carbocycles. The van der Waals surface area contributed by atoms with Crippen LogP contribution in [0.5, 0.6) is 5.75 Å². The van der Waals surface area contributed by atoms with Gasteiger partial charge in [-0.25, -0.2) is 0 Å². The van der Waals surface area contributed by atoms with Crippen LogP contribution in [-0.4, -0.2) is 47.3 Å². The van der Waals surface area contributed by atoms with Crippen LogP contribution in [0.3, 0.4) is 0 Å². The van der Waals surface area contributed by atoms with Crippen LogP contribution in [0.25, 0.3) is 33.1 Å². The molecule has 0 aliphatic carbocycles. The molecule has 0 aliphatic heterocycles. The van der Waals surface area contributed by atoms with Crippen molar-refractivity contribution in [3.05, 3.63) is 90.1 Å². The monoisotopic (exact) mass is 578 g/mol. The highest BCUT2D eigenvalue weighted by Crippen LogP contribution is 2.30. The number of H-pyrrole nitrogens is 2. The lowest BCUT2D eigenvalue weighted by Crippen LogP contribution is -2.47. The second-order valence-electron chi connectivity index (χ2n) is 10.9. The third kappa shape index (κ3) is 7.33. The van der Waals surface area contributed by atoms with E-state index in [0.29, 0.717) is 37.3 Å². The number of methoxy groups -OCH3 is 1. The lowest BCUT2D eigenvalue weighted by molar-refractivity contribution is -0.123. The largest absolute Gasteiger partial charge is 0.497 e. The minimum Gasteiger partial charge on any atom is -0.497 e. The number of rotatable bonds is 14. The van der Waals surface area contributed by atoms with Gasteiger partial charge in [0, 0.05) is 40.5 Å². The fraction of sp³-hybridized carbons (Fsp3) is 0.286. The number of benzene rings is 3. The maximum Gasteiger partial charge on any atom is 0.268 e. The molecule has 2 aromatic heterocycles. The van der Waals surface area contributed by atoms with Crippen molar-refractivity contribution in [3.63, 3.8) is 0 Å². The summed E-state index contributed by atoms with van der Waals surface area (Å²) in [7, 11) is 1.60. The van der Waals surface area contributed by atoms with Gasteiger partial charge in [0.2, 0.25) is 5.91 Å². The number of amides is 2. The number of fused-ring (bicyclic) bond motifs is 2. The average molecular weight is 579 g/mol. The maximum absolute atomic E-state index is 13.5. The van der Waals surface area contributed by atoms with Crippen molar-refractivity contribution >= 4 is 39.4 Å². The Morgan fingerprint density at radius 3 is 2.44 bits per heavy atom. The first-order chi connectivity index (χ1) is 20.9. The Kier molecular flexibility index (Phi) is 9.56. The molecule has 3 aromatic carbocycles. The van der Waals surface area contributed by atoms with E-state index in [1.54, 1.807) is 20.1 Å². The van der Waals surface area contributed by atoms with Crippen molar-refractivity contribution in [3.8, 4) is 17.0 Å². The normalized spacial score (nSPS) is 11.9. The van der Waals surface area contributed by atoms with Crippen LogP contribution in [0.1, 0.15) is 55.1 Å². The predicted octanol–water partition coefficient (Wildman–Crippen LogP) is 6.32. The Morgan fingerprint density at radius 1 is 0.860 bits per heavy atom. The second kappa shape index (κ2) is 13.9. The third-order valence-corrected chi connectivity index (χ3v) is 7.77. The van der Waals surface area contributed by atoms with E-state index in [-0.39, 0.29) is 17.6 Å². The van der Waals surface area contributed by atoms with E-state index in [0.717, 1.165) is 57.9 Å². The first-order valence-electron chi connectivity index (χ1n) is 14.8. The summed E-state index contributed by atoms with van der Waals surface area (Å²) >= 11 is 0. The van der Waals surface area contributed by atoms with Gasteiger partial charge in [0.05, 0.1) is 7.11 Å². The van der Waals surface area contributed by atoms with Crippen LogP contribution in [0.2, 0.25) is 0 Å². The summed E-state index contributed by atoms with van der Waals surface area (Å²) in [5.74, 6) is 0.290. The van der Waals surface area contributed by atoms with E-state index in [1.165, 1.54) is 0 Å². The topological polar surface area (TPSA) is 116 Å². The van der Waals surface area contributed by atoms with Gasteiger partial charge in [-0.2, -0.15) is 0 Å². The van der Waals surface area contributed by atoms with Crippen LogP contribution < -0.4 is 15.4 Å². The van der Waals surface area contributed by atoms with E-state index >= 15 is 0 Å². The predicted molar refractivity (Wildman–Crippen MR) is 170 cm³/mol. The number of carbonyl (C=O) groups is 3. The number of hydrogen-bond acceptors (Lipinski definition) is 4. The molecule has 0 aliphatic rings. The highest BCUT2D eigenvalue weighted by atomic mass is 16.5. The number of hydrogen-bond donors (Lipinski definition) is 4. The summed E-state index contributed by atoms with van der Waals surface area (Å²) in [6.07, 6.45) is 3.92. The highest BCUT2D eigenvalue weighted by molar-refractivity contribution is 6.00. The van der Waals surface area contributed by atoms with E-state index in [4.69, 9.17) is 4.74 Å². The van der Waals surface area contributed by atoms with E-state index in [9.17, 15) is 14.4 Å². The first kappa shape index (κ1) is 29.6. The van der Waals surface area contributed by atoms with Crippen LogP contribution in [-0.2, 0) is 16.0 Å². The Morgan fingerprint density at radius 2 is 1.65 bits per heavy atom. The first-order valence-corrected chi connectivity index (χ1v) is 14.8. The molecule has 222 valence electrons. The molecule has 0 unspecified atom stereocenters. The number of nitrogens with one attached hydrogen (secondary N) is 4. The Bertz CT molecular complexity index is 1720. The number of aromatic nitrogens is 2. The molecule has 0 radical (unpaired) electrons. The molecule has 1 atom stereocenters. The van der Waals surface area contributed by atoms with Gasteiger partial charge in [-0.3, -0.25) is 9.59 Å². The van der Waals surface area contributed by atoms with Crippen molar-refractivity contribution in [1.82, 2.24) is 20.6 Å². The SMILES string of the molecule is COc1ccc2[nH]c(C(=O)N[C@@H](CCCCCC(C)=O)C(=O)NCCc3c(-c4ccccc4)[nH]c4ccccc34)cc2c1. The molecule has 0 saturated heterocycles. The summed E-state index contributed by atoms with van der Waals surface area (Å²) in [6.45, 7) is 2.01. The molecule has 0 bridgehead atoms. The number of ether oxygens (including phenoxy) is 1. The second-order valence-corrected chi connectivity index (χ2v) is 10.9. The van der Waals surface area contributed by atoms with Crippen LogP contribution in [0.4, 0.5) is 0 Å². The van der Waals surface area contributed by atoms with Crippen LogP contribution in [0, 0.1) is 0 Å². The molecular formula is C35H38N4O4. The summed E-state index contributed by atoms with van der Waals surface area (Å²) in [5, 5.41) is 8.00. The van der Waals surface area contributed by atoms with Crippen LogP contribution >= 0.6 is 0 Å². The number of ketones is 1. The molecule has 0 fully saturated rings. The molecule has 43 heavy (non-hydrogen) atoms. The minimum absolute atomic E-state index is 0.158. The van der Waals surface area contributed by atoms with Gasteiger partial charge in [-0.1, -0.05) is 61.4 Å². The lowest BCUT2D eigenvalue weighted by atomic mass is 10.0. The minimum atomic E-state index is -0.706. The molecule has 4 N–H and O–H groups in total. The molecule has 2 amide bonds. The summed E-state index contributed by atoms with van der Waals surface area (Å²) in [5.41, 5.74) is 5.51. The number of carbonyl (C=O) groups excluding carboxylic acids is 3. The lowest BCUT2D eigenvalue weighted by Gasteiger charge is -2.18. The molecular weight excluding hydrogens is 540 g/mol. The average Bonchev–Trinajstić information content (AvgIpc) is 3.62. The van der Waals surface area contributed by atoms with Crippen molar-refractivity contribution < 1.29 is 19.1 Å². The Hall–Kier alpha value is -4.85. The van der Waals surface area contributed by atoms with E-state index in [2.05, 4.69) is 44.9 Å². The van der Waals surface area contributed by atoms with Crippen molar-refractivity contribution in [2.24, 2.45) is 0 Å². The van der Waals surface area contributed by atoms with E-state index < -0.39 is 6.04 Å². The maximum atomic E-state index is 13.5. The van der Waals surface area contributed by atoms with Gasteiger partial charge in [0.15, 0.2) is 0 Å². The summed E-state index contributed by atoms with van der Waals surface area (Å²) in [4.78, 5) is 44.8. The standard InChI is InChI=1S/C35H38N4O4/c1-23(40)11-5-3-8-16-31(39-35(42)32-22-25-21-26(43-2)17-18-29(25)37-32)34(41)36-20-19-28-27-14-9-10-15-30(27)38-33(28)24-12-6-4-7-13-24/h4,6-7,9-10,12-15,17-18,21-22,31,37-38H,3,5,8,11,16,19-20H2,1-2H3,(H,36,41)(H,39,42)/t31-/m0/s1. The number of aromatic amines is 2. The fourth-order valence-electron chi connectivity index (χ4n) is 5.51. The van der Waals surface area contributed by atoms with Gasteiger partial charge in [-0.05, 0) is 67.6 Å². The zero-order valence-corrected chi connectivity index (χ0v) is 24.7. The molecule has 5 aromatic rings. The number of unbranched alkanes of at least 4 members (excludes halogenated alkanes) is 2. The number of Topliss-reactive ketones (excluding diaryl/α,β-unsaturated/α-hetero) is 1. The van der Waals surface area contributed by atoms with Crippen LogP contribution in [0.15, 0.2) is 78.9 Å². The van der Waals surface area contributed by atoms with Gasteiger partial charge in [0.1, 0.15) is 23.3 Å². The third-order valence-electron chi connectivity index (χ3n) is 7.77. The van der Waals surface area contributed by atoms with Gasteiger partial charge >= 0.3 is 0 Å². The summed E-state index contributed by atoms with van der Waals surface area (Å²) in [6, 6.07) is 24.9. The van der Waals surface area contributed by atoms with Gasteiger partial charge in [-0.15, -0.1) is 0 Å². The van der Waals surface area contributed by atoms with Gasteiger partial charge in [0.25, 0.3) is 5.91 Å². The highest BCUT2D eigenvalue weighted by Gasteiger charge is 2.22. The number of para-hydroxylation sites is 1. The van der Waals surface area contributed by atoms with E-state index in [1.807, 2.05) is 48.5 Å². The molecule has 2 heterocycles. The zero-order valence-electron chi connectivity index (χ0n) is 24.7. The van der Waals surface area contributed by atoms with Crippen molar-refractivity contribution in [1.29, 1.82) is 0 Å². The van der Waals surface area contributed by atoms with Crippen molar-refractivity contribution in [2.45, 2.75) is 51.5 Å². The quantitative estimate of drug-likeness (QED) is 0.115. The fourth-order valence-corrected chi connectivity index (χ4v) is 5.51.